The molecule has 0 fully saturated rings. The number of amides is 4. The molecule has 2 aromatic rings. The number of alkyl carbamates (subject to hydrolysis) is 2. The molecule has 0 spiro atoms. The average Bonchev–Trinajstić information content (AvgIpc) is 3.05. The average molecular weight is 746 g/mol. The van der Waals surface area contributed by atoms with Crippen LogP contribution in [0.5, 0.6) is 0 Å². The van der Waals surface area contributed by atoms with Gasteiger partial charge in [0.2, 0.25) is 11.8 Å². The van der Waals surface area contributed by atoms with Crippen LogP contribution < -0.4 is 32.7 Å². The van der Waals surface area contributed by atoms with Gasteiger partial charge in [0, 0.05) is 25.2 Å². The van der Waals surface area contributed by atoms with Crippen molar-refractivity contribution in [3.8, 4) is 0 Å². The number of ether oxygens (including phenoxy) is 2. The minimum atomic E-state index is -5.61. The molecule has 0 radical (unpaired) electrons. The molecule has 1 atom stereocenters. The number of carbonyl (C=O) groups is 4. The summed E-state index contributed by atoms with van der Waals surface area (Å²) in [5.41, 5.74) is 12.3. The van der Waals surface area contributed by atoms with E-state index in [4.69, 9.17) is 40.5 Å². The van der Waals surface area contributed by atoms with Crippen molar-refractivity contribution < 1.29 is 62.5 Å². The van der Waals surface area contributed by atoms with Crippen LogP contribution in [0.1, 0.15) is 36.8 Å². The Balaban J connectivity index is 1.86. The zero-order valence-electron chi connectivity index (χ0n) is 26.6. The van der Waals surface area contributed by atoms with Crippen LogP contribution in [0.4, 0.5) is 15.3 Å². The largest absolute Gasteiger partial charge is 0.445 e. The maximum absolute atomic E-state index is 13.1. The highest BCUT2D eigenvalue weighted by Crippen LogP contribution is 2.69. The van der Waals surface area contributed by atoms with E-state index in [1.54, 1.807) is 24.3 Å². The lowest BCUT2D eigenvalue weighted by atomic mass is 10.1. The number of nitrogens with one attached hydrogen (secondary N) is 4. The molecule has 0 saturated carbocycles. The second kappa shape index (κ2) is 19.6. The molecule has 0 bridgehead atoms. The summed E-state index contributed by atoms with van der Waals surface area (Å²) >= 11 is 0. The zero-order chi connectivity index (χ0) is 37.4. The SMILES string of the molecule is NC(N)=NCCC[C@H](NC(=O)CNC(=O)OCc1ccccc1)C(=O)Nc1ccc(COC(=O)NCCCC(O)(P(=O)(O)O)P(=O)(O)O)cc1. The summed E-state index contributed by atoms with van der Waals surface area (Å²) in [5, 5.41) is 16.0. The molecule has 13 N–H and O–H groups in total. The standard InChI is InChI=1S/C28H41N7O13P2/c29-25(30)31-14-4-8-22(35-23(36)16-33-27(39)48-17-19-6-2-1-3-7-19)24(37)34-21-11-9-20(10-12-21)18-47-26(38)32-15-5-13-28(40,49(41,42)43)50(44,45)46/h1-3,6-7,9-12,22,40H,4-5,8,13-18H2,(H,32,38)(H,33,39)(H,34,37)(H,35,36)(H4,29,30,31)(H2,41,42,43)(H2,44,45,46)/t22-/m0/s1. The number of benzene rings is 2. The zero-order valence-corrected chi connectivity index (χ0v) is 28.4. The summed E-state index contributed by atoms with van der Waals surface area (Å²) in [7, 11) is -11.2. The normalized spacial score (nSPS) is 12.2. The van der Waals surface area contributed by atoms with Gasteiger partial charge in [0.1, 0.15) is 25.8 Å². The van der Waals surface area contributed by atoms with Gasteiger partial charge in [-0.2, -0.15) is 0 Å². The number of aliphatic imine (C=N–C) groups is 1. The first kappa shape index (κ1) is 41.6. The first-order valence-electron chi connectivity index (χ1n) is 14.8. The van der Waals surface area contributed by atoms with E-state index in [-0.39, 0.29) is 38.7 Å². The molecule has 0 aliphatic rings. The molecule has 0 unspecified atom stereocenters. The Labute approximate surface area is 286 Å². The Kier molecular flexibility index (Phi) is 16.3. The van der Waals surface area contributed by atoms with Crippen LogP contribution in [0.2, 0.25) is 0 Å². The van der Waals surface area contributed by atoms with Gasteiger partial charge in [-0.3, -0.25) is 23.7 Å². The van der Waals surface area contributed by atoms with Gasteiger partial charge in [-0.15, -0.1) is 0 Å². The predicted molar refractivity (Wildman–Crippen MR) is 178 cm³/mol. The number of nitrogens with zero attached hydrogens (tertiary/aromatic N) is 1. The lowest BCUT2D eigenvalue weighted by Crippen LogP contribution is -2.47. The van der Waals surface area contributed by atoms with Crippen molar-refractivity contribution >= 4 is 50.8 Å². The smallest absolute Gasteiger partial charge is 0.407 e. The van der Waals surface area contributed by atoms with Crippen molar-refractivity contribution in [1.82, 2.24) is 16.0 Å². The van der Waals surface area contributed by atoms with Gasteiger partial charge < -0.3 is 66.9 Å². The Morgan fingerprint density at radius 1 is 0.820 bits per heavy atom. The van der Waals surface area contributed by atoms with Crippen molar-refractivity contribution in [2.75, 3.05) is 25.0 Å². The maximum Gasteiger partial charge on any atom is 0.407 e. The molecule has 0 saturated heterocycles. The summed E-state index contributed by atoms with van der Waals surface area (Å²) in [6.45, 7) is -0.834. The van der Waals surface area contributed by atoms with E-state index in [1.807, 2.05) is 6.07 Å². The lowest BCUT2D eigenvalue weighted by molar-refractivity contribution is -0.126. The number of anilines is 1. The highest BCUT2D eigenvalue weighted by atomic mass is 31.2. The van der Waals surface area contributed by atoms with Crippen molar-refractivity contribution in [2.24, 2.45) is 16.5 Å². The van der Waals surface area contributed by atoms with E-state index < -0.39 is 69.7 Å². The molecule has 4 amide bonds. The third-order valence-corrected chi connectivity index (χ3v) is 10.6. The van der Waals surface area contributed by atoms with Crippen molar-refractivity contribution in [3.05, 3.63) is 65.7 Å². The molecule has 0 aromatic heterocycles. The number of guanidine groups is 1. The fraction of sp³-hybridized carbons (Fsp3) is 0.393. The summed E-state index contributed by atoms with van der Waals surface area (Å²) in [6.07, 6.45) is -2.72. The van der Waals surface area contributed by atoms with Crippen LogP contribution in [0.25, 0.3) is 0 Å². The quantitative estimate of drug-likeness (QED) is 0.0393. The molecule has 0 aliphatic carbocycles. The van der Waals surface area contributed by atoms with Gasteiger partial charge in [0.15, 0.2) is 5.96 Å². The van der Waals surface area contributed by atoms with Crippen LogP contribution in [0, 0.1) is 0 Å². The van der Waals surface area contributed by atoms with E-state index in [0.29, 0.717) is 17.7 Å². The van der Waals surface area contributed by atoms with Gasteiger partial charge in [-0.25, -0.2) is 9.59 Å². The summed E-state index contributed by atoms with van der Waals surface area (Å²) in [5.74, 6) is -1.37. The highest BCUT2D eigenvalue weighted by Gasteiger charge is 2.58. The second-order valence-electron chi connectivity index (χ2n) is 10.6. The van der Waals surface area contributed by atoms with Crippen LogP contribution in [-0.4, -0.2) is 85.4 Å². The minimum absolute atomic E-state index is 0.00205. The van der Waals surface area contributed by atoms with Crippen LogP contribution in [0.15, 0.2) is 59.6 Å². The van der Waals surface area contributed by atoms with E-state index in [9.17, 15) is 33.4 Å². The van der Waals surface area contributed by atoms with Gasteiger partial charge in [0.05, 0.1) is 0 Å². The van der Waals surface area contributed by atoms with Gasteiger partial charge in [-0.05, 0) is 42.5 Å². The van der Waals surface area contributed by atoms with Crippen LogP contribution >= 0.6 is 15.2 Å². The van der Waals surface area contributed by atoms with Crippen molar-refractivity contribution in [2.45, 2.75) is 50.0 Å². The molecule has 50 heavy (non-hydrogen) atoms. The monoisotopic (exact) mass is 745 g/mol. The van der Waals surface area contributed by atoms with Crippen LogP contribution in [-0.2, 0) is 41.4 Å². The third-order valence-electron chi connectivity index (χ3n) is 6.69. The molecule has 0 aliphatic heterocycles. The molecule has 0 heterocycles. The van der Waals surface area contributed by atoms with E-state index in [2.05, 4.69) is 26.3 Å². The van der Waals surface area contributed by atoms with E-state index >= 15 is 0 Å². The molecule has 276 valence electrons. The fourth-order valence-electron chi connectivity index (χ4n) is 4.03. The van der Waals surface area contributed by atoms with E-state index in [1.165, 1.54) is 24.3 Å². The Morgan fingerprint density at radius 2 is 1.38 bits per heavy atom. The lowest BCUT2D eigenvalue weighted by Gasteiger charge is -2.29. The Morgan fingerprint density at radius 3 is 1.94 bits per heavy atom. The number of nitrogens with two attached hydrogens (primary N) is 2. The molecule has 20 nitrogen and oxygen atoms in total. The predicted octanol–water partition coefficient (Wildman–Crippen LogP) is 0.0978. The number of rotatable bonds is 19. The van der Waals surface area contributed by atoms with Gasteiger partial charge in [-0.1, -0.05) is 42.5 Å². The topological polar surface area (TPSA) is 335 Å². The van der Waals surface area contributed by atoms with E-state index in [0.717, 1.165) is 5.56 Å². The Bertz CT molecular complexity index is 1540. The molecule has 22 heteroatoms. The number of aliphatic hydroxyl groups is 1. The van der Waals surface area contributed by atoms with Gasteiger partial charge >= 0.3 is 27.4 Å². The summed E-state index contributed by atoms with van der Waals surface area (Å²) in [6, 6.07) is 13.9. The first-order valence-corrected chi connectivity index (χ1v) is 18.1. The Hall–Kier alpha value is -4.55. The number of hydrogen-bond acceptors (Lipinski definition) is 10. The molecule has 2 rings (SSSR count). The molecular weight excluding hydrogens is 704 g/mol. The number of hydrogen-bond donors (Lipinski definition) is 11. The van der Waals surface area contributed by atoms with Crippen molar-refractivity contribution in [1.29, 1.82) is 0 Å². The number of carbonyl (C=O) groups excluding carboxylic acids is 4. The summed E-state index contributed by atoms with van der Waals surface area (Å²) in [4.78, 5) is 90.1. The maximum atomic E-state index is 13.1. The second-order valence-corrected chi connectivity index (χ2v) is 14.6. The highest BCUT2D eigenvalue weighted by molar-refractivity contribution is 7.72. The molecule has 2 aromatic carbocycles. The molecular formula is C28H41N7O13P2. The third kappa shape index (κ3) is 14.5. The van der Waals surface area contributed by atoms with Crippen molar-refractivity contribution in [3.63, 3.8) is 0 Å². The van der Waals surface area contributed by atoms with Gasteiger partial charge in [0.25, 0.3) is 5.08 Å². The minimum Gasteiger partial charge on any atom is -0.445 e. The fourth-order valence-corrected chi connectivity index (χ4v) is 6.29. The van der Waals surface area contributed by atoms with Crippen LogP contribution in [0.3, 0.4) is 0 Å². The summed E-state index contributed by atoms with van der Waals surface area (Å²) < 4.78 is 32.9. The first-order chi connectivity index (χ1) is 23.4.